The van der Waals surface area contributed by atoms with Crippen LogP contribution < -0.4 is 10.3 Å². The van der Waals surface area contributed by atoms with Gasteiger partial charge in [-0.2, -0.15) is 0 Å². The lowest BCUT2D eigenvalue weighted by atomic mass is 10.1. The Morgan fingerprint density at radius 2 is 1.65 bits per heavy atom. The Bertz CT molecular complexity index is 772. The standard InChI is InChI=1S/C16H17FN2O3S/c1-2-3-12-4-10-15(11-5-12)23(21,22)19-18-16(20)13-6-8-14(17)9-7-13/h4-11,19H,2-3H2,1H3,(H,18,20). The van der Waals surface area contributed by atoms with Gasteiger partial charge < -0.3 is 0 Å². The summed E-state index contributed by atoms with van der Waals surface area (Å²) in [6.07, 6.45) is 1.84. The highest BCUT2D eigenvalue weighted by molar-refractivity contribution is 7.89. The minimum atomic E-state index is -3.86. The first kappa shape index (κ1) is 17.1. The molecule has 0 unspecified atom stereocenters. The van der Waals surface area contributed by atoms with Crippen LogP contribution in [0.3, 0.4) is 0 Å². The molecule has 0 saturated carbocycles. The highest BCUT2D eigenvalue weighted by Gasteiger charge is 2.15. The van der Waals surface area contributed by atoms with Gasteiger partial charge in [-0.1, -0.05) is 25.5 Å². The van der Waals surface area contributed by atoms with Crippen molar-refractivity contribution in [3.05, 3.63) is 65.5 Å². The molecule has 122 valence electrons. The first-order valence-corrected chi connectivity index (χ1v) is 8.57. The number of hydrogen-bond donors (Lipinski definition) is 2. The Balaban J connectivity index is 2.03. The molecule has 2 aromatic rings. The highest BCUT2D eigenvalue weighted by Crippen LogP contribution is 2.11. The fourth-order valence-electron chi connectivity index (χ4n) is 1.97. The molecule has 0 heterocycles. The van der Waals surface area contributed by atoms with Crippen LogP contribution in [0.5, 0.6) is 0 Å². The summed E-state index contributed by atoms with van der Waals surface area (Å²) in [4.78, 5) is 13.9. The molecule has 0 fully saturated rings. The quantitative estimate of drug-likeness (QED) is 0.796. The van der Waals surface area contributed by atoms with Gasteiger partial charge in [0.1, 0.15) is 5.82 Å². The van der Waals surface area contributed by atoms with Crippen molar-refractivity contribution in [2.24, 2.45) is 0 Å². The Kier molecular flexibility index (Phi) is 5.46. The molecule has 0 radical (unpaired) electrons. The van der Waals surface area contributed by atoms with Gasteiger partial charge in [0.05, 0.1) is 4.90 Å². The van der Waals surface area contributed by atoms with Crippen LogP contribution in [-0.4, -0.2) is 14.3 Å². The van der Waals surface area contributed by atoms with Crippen molar-refractivity contribution in [1.82, 2.24) is 10.3 Å². The third kappa shape index (κ3) is 4.61. The van der Waals surface area contributed by atoms with E-state index in [0.29, 0.717) is 0 Å². The number of benzene rings is 2. The maximum Gasteiger partial charge on any atom is 0.266 e. The summed E-state index contributed by atoms with van der Waals surface area (Å²) < 4.78 is 37.0. The van der Waals surface area contributed by atoms with Crippen LogP contribution in [0.4, 0.5) is 4.39 Å². The number of nitrogens with one attached hydrogen (secondary N) is 2. The average Bonchev–Trinajstić information content (AvgIpc) is 2.54. The minimum absolute atomic E-state index is 0.0526. The van der Waals surface area contributed by atoms with E-state index in [2.05, 4.69) is 5.43 Å². The predicted molar refractivity (Wildman–Crippen MR) is 84.6 cm³/mol. The lowest BCUT2D eigenvalue weighted by Crippen LogP contribution is -2.41. The molecule has 2 aromatic carbocycles. The van der Waals surface area contributed by atoms with Crippen molar-refractivity contribution in [2.45, 2.75) is 24.7 Å². The van der Waals surface area contributed by atoms with Gasteiger partial charge in [0.15, 0.2) is 0 Å². The number of carbonyl (C=O) groups excluding carboxylic acids is 1. The van der Waals surface area contributed by atoms with Crippen molar-refractivity contribution >= 4 is 15.9 Å². The smallest absolute Gasteiger partial charge is 0.266 e. The molecule has 0 bridgehead atoms. The van der Waals surface area contributed by atoms with E-state index in [1.807, 2.05) is 11.8 Å². The molecule has 0 aromatic heterocycles. The van der Waals surface area contributed by atoms with Crippen LogP contribution in [0.1, 0.15) is 29.3 Å². The van der Waals surface area contributed by atoms with E-state index in [1.54, 1.807) is 12.1 Å². The maximum absolute atomic E-state index is 12.8. The lowest BCUT2D eigenvalue weighted by molar-refractivity contribution is 0.0945. The maximum atomic E-state index is 12.8. The fraction of sp³-hybridized carbons (Fsp3) is 0.188. The predicted octanol–water partition coefficient (Wildman–Crippen LogP) is 2.40. The summed E-state index contributed by atoms with van der Waals surface area (Å²) in [7, 11) is -3.86. The number of amides is 1. The second-order valence-electron chi connectivity index (χ2n) is 4.96. The molecule has 0 atom stereocenters. The van der Waals surface area contributed by atoms with Crippen LogP contribution in [0.15, 0.2) is 53.4 Å². The molecule has 23 heavy (non-hydrogen) atoms. The molecule has 7 heteroatoms. The van der Waals surface area contributed by atoms with Gasteiger partial charge in [0.25, 0.3) is 15.9 Å². The van der Waals surface area contributed by atoms with Gasteiger partial charge in [-0.3, -0.25) is 10.2 Å². The highest BCUT2D eigenvalue weighted by atomic mass is 32.2. The summed E-state index contributed by atoms with van der Waals surface area (Å²) in [6.45, 7) is 2.04. The Hall–Kier alpha value is -2.25. The molecule has 0 aliphatic rings. The molecule has 2 rings (SSSR count). The lowest BCUT2D eigenvalue weighted by Gasteiger charge is -2.09. The Morgan fingerprint density at radius 1 is 1.04 bits per heavy atom. The van der Waals surface area contributed by atoms with E-state index in [-0.39, 0.29) is 10.5 Å². The van der Waals surface area contributed by atoms with E-state index in [1.165, 1.54) is 24.3 Å². The number of carbonyl (C=O) groups is 1. The van der Waals surface area contributed by atoms with E-state index in [9.17, 15) is 17.6 Å². The summed E-state index contributed by atoms with van der Waals surface area (Å²) in [5.41, 5.74) is 3.29. The topological polar surface area (TPSA) is 75.3 Å². The minimum Gasteiger partial charge on any atom is -0.273 e. The first-order chi connectivity index (χ1) is 10.9. The number of aryl methyl sites for hydroxylation is 1. The second-order valence-corrected chi connectivity index (χ2v) is 6.64. The van der Waals surface area contributed by atoms with E-state index in [4.69, 9.17) is 0 Å². The van der Waals surface area contributed by atoms with Crippen LogP contribution in [0.2, 0.25) is 0 Å². The normalized spacial score (nSPS) is 11.2. The summed E-state index contributed by atoms with van der Waals surface area (Å²) in [5.74, 6) is -1.15. The molecule has 1 amide bonds. The van der Waals surface area contributed by atoms with Crippen LogP contribution in [0, 0.1) is 5.82 Å². The molecule has 0 aliphatic carbocycles. The zero-order valence-corrected chi connectivity index (χ0v) is 13.4. The van der Waals surface area contributed by atoms with Crippen molar-refractivity contribution in [2.75, 3.05) is 0 Å². The number of hydrazine groups is 1. The third-order valence-corrected chi connectivity index (χ3v) is 4.44. The number of sulfonamides is 1. The van der Waals surface area contributed by atoms with Crippen molar-refractivity contribution in [3.8, 4) is 0 Å². The number of hydrogen-bond acceptors (Lipinski definition) is 3. The van der Waals surface area contributed by atoms with E-state index in [0.717, 1.165) is 30.5 Å². The third-order valence-electron chi connectivity index (χ3n) is 3.18. The van der Waals surface area contributed by atoms with Gasteiger partial charge in [0.2, 0.25) is 0 Å². The van der Waals surface area contributed by atoms with Gasteiger partial charge in [-0.15, -0.1) is 4.83 Å². The van der Waals surface area contributed by atoms with Crippen molar-refractivity contribution in [3.63, 3.8) is 0 Å². The van der Waals surface area contributed by atoms with Gasteiger partial charge in [-0.05, 0) is 48.4 Å². The average molecular weight is 336 g/mol. The van der Waals surface area contributed by atoms with Crippen molar-refractivity contribution < 1.29 is 17.6 Å². The SMILES string of the molecule is CCCc1ccc(S(=O)(=O)NNC(=O)c2ccc(F)cc2)cc1. The number of rotatable bonds is 6. The molecule has 0 spiro atoms. The van der Waals surface area contributed by atoms with Crippen LogP contribution >= 0.6 is 0 Å². The van der Waals surface area contributed by atoms with Crippen molar-refractivity contribution in [1.29, 1.82) is 0 Å². The van der Waals surface area contributed by atoms with E-state index >= 15 is 0 Å². The molecular weight excluding hydrogens is 319 g/mol. The summed E-state index contributed by atoms with van der Waals surface area (Å²) in [5, 5.41) is 0. The molecule has 5 nitrogen and oxygen atoms in total. The largest absolute Gasteiger partial charge is 0.273 e. The Labute approximate surface area is 134 Å². The number of halogens is 1. The molecule has 0 aliphatic heterocycles. The summed E-state index contributed by atoms with van der Waals surface area (Å²) >= 11 is 0. The molecule has 2 N–H and O–H groups in total. The van der Waals surface area contributed by atoms with Gasteiger partial charge >= 0.3 is 0 Å². The Morgan fingerprint density at radius 3 is 2.22 bits per heavy atom. The van der Waals surface area contributed by atoms with Gasteiger partial charge in [-0.25, -0.2) is 12.8 Å². The van der Waals surface area contributed by atoms with Crippen LogP contribution in [0.25, 0.3) is 0 Å². The van der Waals surface area contributed by atoms with E-state index < -0.39 is 21.7 Å². The molecular formula is C16H17FN2O3S. The zero-order chi connectivity index (χ0) is 16.9. The monoisotopic (exact) mass is 336 g/mol. The van der Waals surface area contributed by atoms with Crippen LogP contribution in [-0.2, 0) is 16.4 Å². The second kappa shape index (κ2) is 7.34. The van der Waals surface area contributed by atoms with Gasteiger partial charge in [0, 0.05) is 5.56 Å². The first-order valence-electron chi connectivity index (χ1n) is 7.09. The fourth-order valence-corrected chi connectivity index (χ4v) is 2.81. The zero-order valence-electron chi connectivity index (χ0n) is 12.5. The summed E-state index contributed by atoms with van der Waals surface area (Å²) in [6, 6.07) is 11.2. The molecule has 0 saturated heterocycles.